The van der Waals surface area contributed by atoms with Gasteiger partial charge in [-0.3, -0.25) is 4.90 Å². The van der Waals surface area contributed by atoms with Crippen LogP contribution >= 0.6 is 15.9 Å². The van der Waals surface area contributed by atoms with Crippen LogP contribution in [-0.2, 0) is 0 Å². The second-order valence-electron chi connectivity index (χ2n) is 5.03. The molecule has 3 nitrogen and oxygen atoms in total. The van der Waals surface area contributed by atoms with Gasteiger partial charge in [-0.1, -0.05) is 28.1 Å². The van der Waals surface area contributed by atoms with Crippen molar-refractivity contribution in [3.05, 3.63) is 34.3 Å². The molecule has 3 N–H and O–H groups in total. The molecule has 1 aromatic rings. The number of nitrogens with zero attached hydrogens (tertiary/aromatic N) is 1. The average Bonchev–Trinajstić information content (AvgIpc) is 2.19. The van der Waals surface area contributed by atoms with Gasteiger partial charge in [0.2, 0.25) is 0 Å². The van der Waals surface area contributed by atoms with Crippen LogP contribution in [-0.4, -0.2) is 35.7 Å². The molecule has 0 radical (unpaired) electrons. The molecule has 0 aliphatic rings. The largest absolute Gasteiger partial charge is 0.389 e. The third-order valence-electron chi connectivity index (χ3n) is 2.65. The predicted molar refractivity (Wildman–Crippen MR) is 74.9 cm³/mol. The van der Waals surface area contributed by atoms with Gasteiger partial charge in [0.1, 0.15) is 0 Å². The Morgan fingerprint density at radius 1 is 1.35 bits per heavy atom. The minimum absolute atomic E-state index is 0.134. The molecular formula is C13H21BrN2O. The van der Waals surface area contributed by atoms with Crippen molar-refractivity contribution in [2.45, 2.75) is 25.5 Å². The van der Waals surface area contributed by atoms with E-state index in [-0.39, 0.29) is 6.04 Å². The summed E-state index contributed by atoms with van der Waals surface area (Å²) in [5.41, 5.74) is 6.29. The second kappa shape index (κ2) is 5.96. The minimum Gasteiger partial charge on any atom is -0.389 e. The van der Waals surface area contributed by atoms with Gasteiger partial charge in [0.05, 0.1) is 5.60 Å². The van der Waals surface area contributed by atoms with Crippen molar-refractivity contribution in [1.82, 2.24) is 4.90 Å². The third kappa shape index (κ3) is 4.76. The van der Waals surface area contributed by atoms with Crippen LogP contribution in [0.1, 0.15) is 25.5 Å². The first-order valence-corrected chi connectivity index (χ1v) is 6.51. The zero-order chi connectivity index (χ0) is 13.1. The van der Waals surface area contributed by atoms with E-state index in [1.54, 1.807) is 13.8 Å². The predicted octanol–water partition coefficient (Wildman–Crippen LogP) is 2.15. The molecule has 0 saturated carbocycles. The standard InChI is InChI=1S/C13H21BrN2O/c1-13(2,17)9-16(3)12(8-15)10-4-6-11(14)7-5-10/h4-7,12,17H,8-9,15H2,1-3H3. The summed E-state index contributed by atoms with van der Waals surface area (Å²) in [4.78, 5) is 2.09. The number of likely N-dealkylation sites (N-methyl/N-ethyl adjacent to an activating group) is 1. The maximum Gasteiger partial charge on any atom is 0.0718 e. The van der Waals surface area contributed by atoms with E-state index in [0.29, 0.717) is 13.1 Å². The molecule has 0 heterocycles. The van der Waals surface area contributed by atoms with Gasteiger partial charge in [-0.2, -0.15) is 0 Å². The zero-order valence-electron chi connectivity index (χ0n) is 10.7. The van der Waals surface area contributed by atoms with Crippen LogP contribution in [0.2, 0.25) is 0 Å². The molecule has 0 spiro atoms. The Hall–Kier alpha value is -0.420. The highest BCUT2D eigenvalue weighted by molar-refractivity contribution is 9.10. The summed E-state index contributed by atoms with van der Waals surface area (Å²) in [5.74, 6) is 0. The van der Waals surface area contributed by atoms with Gasteiger partial charge in [0.25, 0.3) is 0 Å². The summed E-state index contributed by atoms with van der Waals surface area (Å²) in [7, 11) is 1.98. The summed E-state index contributed by atoms with van der Waals surface area (Å²) in [6.07, 6.45) is 0. The van der Waals surface area contributed by atoms with Crippen LogP contribution in [0.5, 0.6) is 0 Å². The van der Waals surface area contributed by atoms with Crippen molar-refractivity contribution in [1.29, 1.82) is 0 Å². The lowest BCUT2D eigenvalue weighted by Gasteiger charge is -2.32. The van der Waals surface area contributed by atoms with Crippen LogP contribution in [0.25, 0.3) is 0 Å². The lowest BCUT2D eigenvalue weighted by molar-refractivity contribution is 0.0321. The van der Waals surface area contributed by atoms with Crippen LogP contribution < -0.4 is 5.73 Å². The number of hydrogen-bond acceptors (Lipinski definition) is 3. The molecule has 1 rings (SSSR count). The lowest BCUT2D eigenvalue weighted by atomic mass is 10.0. The SMILES string of the molecule is CN(CC(C)(C)O)C(CN)c1ccc(Br)cc1. The molecule has 0 aromatic heterocycles. The van der Waals surface area contributed by atoms with Crippen molar-refractivity contribution in [3.8, 4) is 0 Å². The fourth-order valence-electron chi connectivity index (χ4n) is 1.98. The Bertz CT molecular complexity index is 345. The third-order valence-corrected chi connectivity index (χ3v) is 3.18. The van der Waals surface area contributed by atoms with E-state index in [1.165, 1.54) is 5.56 Å². The van der Waals surface area contributed by atoms with Crippen LogP contribution in [0.3, 0.4) is 0 Å². The van der Waals surface area contributed by atoms with E-state index in [0.717, 1.165) is 4.47 Å². The topological polar surface area (TPSA) is 49.5 Å². The molecule has 0 fully saturated rings. The summed E-state index contributed by atoms with van der Waals surface area (Å²) >= 11 is 3.42. The van der Waals surface area contributed by atoms with Crippen LogP contribution in [0.15, 0.2) is 28.7 Å². The van der Waals surface area contributed by atoms with E-state index >= 15 is 0 Å². The molecule has 0 saturated heterocycles. The fraction of sp³-hybridized carbons (Fsp3) is 0.538. The highest BCUT2D eigenvalue weighted by Crippen LogP contribution is 2.22. The average molecular weight is 301 g/mol. The number of benzene rings is 1. The Labute approximate surface area is 112 Å². The van der Waals surface area contributed by atoms with Crippen LogP contribution in [0, 0.1) is 0 Å². The summed E-state index contributed by atoms with van der Waals surface area (Å²) in [6.45, 7) is 4.73. The second-order valence-corrected chi connectivity index (χ2v) is 5.95. The Morgan fingerprint density at radius 3 is 2.29 bits per heavy atom. The van der Waals surface area contributed by atoms with E-state index in [2.05, 4.69) is 33.0 Å². The summed E-state index contributed by atoms with van der Waals surface area (Å²) < 4.78 is 1.06. The van der Waals surface area contributed by atoms with E-state index in [1.807, 2.05) is 19.2 Å². The molecule has 0 amide bonds. The van der Waals surface area contributed by atoms with Crippen molar-refractivity contribution in [3.63, 3.8) is 0 Å². The lowest BCUT2D eigenvalue weighted by Crippen LogP contribution is -2.40. The number of nitrogens with two attached hydrogens (primary N) is 1. The normalized spacial score (nSPS) is 14.1. The maximum atomic E-state index is 9.83. The van der Waals surface area contributed by atoms with Crippen molar-refractivity contribution in [2.75, 3.05) is 20.1 Å². The van der Waals surface area contributed by atoms with Crippen molar-refractivity contribution < 1.29 is 5.11 Å². The summed E-state index contributed by atoms with van der Waals surface area (Å²) in [6, 6.07) is 8.27. The molecular weight excluding hydrogens is 280 g/mol. The Kier molecular flexibility index (Phi) is 5.13. The van der Waals surface area contributed by atoms with E-state index < -0.39 is 5.60 Å². The first-order chi connectivity index (χ1) is 7.83. The van der Waals surface area contributed by atoms with Gasteiger partial charge in [-0.15, -0.1) is 0 Å². The van der Waals surface area contributed by atoms with Crippen molar-refractivity contribution in [2.24, 2.45) is 5.73 Å². The van der Waals surface area contributed by atoms with Gasteiger partial charge in [0.15, 0.2) is 0 Å². The Balaban J connectivity index is 2.80. The number of aliphatic hydroxyl groups is 1. The molecule has 1 aromatic carbocycles. The van der Waals surface area contributed by atoms with Gasteiger partial charge < -0.3 is 10.8 Å². The molecule has 0 aliphatic heterocycles. The number of rotatable bonds is 5. The Morgan fingerprint density at radius 2 is 1.88 bits per heavy atom. The van der Waals surface area contributed by atoms with Gasteiger partial charge in [-0.05, 0) is 38.6 Å². The molecule has 96 valence electrons. The van der Waals surface area contributed by atoms with E-state index in [4.69, 9.17) is 5.73 Å². The molecule has 17 heavy (non-hydrogen) atoms. The summed E-state index contributed by atoms with van der Waals surface area (Å²) in [5, 5.41) is 9.83. The zero-order valence-corrected chi connectivity index (χ0v) is 12.2. The maximum absolute atomic E-state index is 9.83. The first-order valence-electron chi connectivity index (χ1n) is 5.71. The van der Waals surface area contributed by atoms with E-state index in [9.17, 15) is 5.11 Å². The molecule has 0 bridgehead atoms. The molecule has 0 aliphatic carbocycles. The molecule has 1 unspecified atom stereocenters. The van der Waals surface area contributed by atoms with Gasteiger partial charge in [0, 0.05) is 23.6 Å². The van der Waals surface area contributed by atoms with Gasteiger partial charge in [-0.25, -0.2) is 0 Å². The van der Waals surface area contributed by atoms with Crippen molar-refractivity contribution >= 4 is 15.9 Å². The highest BCUT2D eigenvalue weighted by atomic mass is 79.9. The number of hydrogen-bond donors (Lipinski definition) is 2. The van der Waals surface area contributed by atoms with Gasteiger partial charge >= 0.3 is 0 Å². The first kappa shape index (κ1) is 14.6. The van der Waals surface area contributed by atoms with Crippen LogP contribution in [0.4, 0.5) is 0 Å². The molecule has 1 atom stereocenters. The monoisotopic (exact) mass is 300 g/mol. The fourth-order valence-corrected chi connectivity index (χ4v) is 2.24. The molecule has 4 heteroatoms. The smallest absolute Gasteiger partial charge is 0.0718 e. The quantitative estimate of drug-likeness (QED) is 0.876. The minimum atomic E-state index is -0.711. The number of halogens is 1. The highest BCUT2D eigenvalue weighted by Gasteiger charge is 2.22.